The molecule has 0 amide bonds. The van der Waals surface area contributed by atoms with Crippen LogP contribution >= 0.6 is 15.9 Å². The van der Waals surface area contributed by atoms with Gasteiger partial charge in [-0.2, -0.15) is 18.3 Å². The van der Waals surface area contributed by atoms with E-state index in [0.29, 0.717) is 4.68 Å². The van der Waals surface area contributed by atoms with Crippen molar-refractivity contribution in [3.8, 4) is 0 Å². The molecule has 1 aromatic rings. The molecule has 0 saturated carbocycles. The largest absolute Gasteiger partial charge is 0.434 e. The van der Waals surface area contributed by atoms with Gasteiger partial charge in [0.05, 0.1) is 4.47 Å². The number of hydrogen-bond acceptors (Lipinski definition) is 2. The molecular formula is C6H4BrF3N2O. The first kappa shape index (κ1) is 10.2. The van der Waals surface area contributed by atoms with Crippen molar-refractivity contribution in [2.24, 2.45) is 7.05 Å². The van der Waals surface area contributed by atoms with Crippen molar-refractivity contribution in [3.63, 3.8) is 0 Å². The van der Waals surface area contributed by atoms with Gasteiger partial charge in [0.1, 0.15) is 5.69 Å². The van der Waals surface area contributed by atoms with Crippen LogP contribution in [0.5, 0.6) is 0 Å². The number of hydrogen-bond donors (Lipinski definition) is 0. The lowest BCUT2D eigenvalue weighted by Gasteiger charge is -2.06. The molecule has 1 heterocycles. The molecule has 1 rings (SSSR count). The van der Waals surface area contributed by atoms with Gasteiger partial charge in [0.25, 0.3) is 0 Å². The van der Waals surface area contributed by atoms with Gasteiger partial charge in [0, 0.05) is 7.05 Å². The zero-order valence-corrected chi connectivity index (χ0v) is 7.98. The van der Waals surface area contributed by atoms with Gasteiger partial charge in [-0.15, -0.1) is 0 Å². The van der Waals surface area contributed by atoms with Gasteiger partial charge < -0.3 is 0 Å². The molecular weight excluding hydrogens is 253 g/mol. The molecule has 0 spiro atoms. The summed E-state index contributed by atoms with van der Waals surface area (Å²) in [4.78, 5) is 10.2. The van der Waals surface area contributed by atoms with Crippen molar-refractivity contribution < 1.29 is 18.0 Å². The van der Waals surface area contributed by atoms with E-state index in [4.69, 9.17) is 0 Å². The highest BCUT2D eigenvalue weighted by atomic mass is 79.9. The minimum Gasteiger partial charge on any atom is -0.296 e. The van der Waals surface area contributed by atoms with E-state index in [2.05, 4.69) is 21.0 Å². The lowest BCUT2D eigenvalue weighted by Crippen LogP contribution is -2.12. The Bertz CT molecular complexity index is 344. The normalized spacial score (nSPS) is 11.8. The van der Waals surface area contributed by atoms with Crippen molar-refractivity contribution in [1.29, 1.82) is 0 Å². The predicted octanol–water partition coefficient (Wildman–Crippen LogP) is 2.01. The Balaban J connectivity index is 3.37. The van der Waals surface area contributed by atoms with E-state index in [9.17, 15) is 18.0 Å². The number of rotatable bonds is 1. The second kappa shape index (κ2) is 3.13. The van der Waals surface area contributed by atoms with Crippen molar-refractivity contribution >= 4 is 22.2 Å². The molecule has 0 unspecified atom stereocenters. The van der Waals surface area contributed by atoms with E-state index in [-0.39, 0.29) is 16.5 Å². The summed E-state index contributed by atoms with van der Waals surface area (Å²) in [5.74, 6) is 0. The third-order valence-electron chi connectivity index (χ3n) is 1.39. The van der Waals surface area contributed by atoms with Crippen LogP contribution in [0.25, 0.3) is 0 Å². The van der Waals surface area contributed by atoms with Crippen molar-refractivity contribution in [2.45, 2.75) is 6.18 Å². The monoisotopic (exact) mass is 256 g/mol. The van der Waals surface area contributed by atoms with Gasteiger partial charge in [-0.05, 0) is 15.9 Å². The molecule has 0 aromatic carbocycles. The smallest absolute Gasteiger partial charge is 0.296 e. The van der Waals surface area contributed by atoms with Gasteiger partial charge in [0.15, 0.2) is 12.0 Å². The van der Waals surface area contributed by atoms with E-state index >= 15 is 0 Å². The number of alkyl halides is 3. The highest BCUT2D eigenvalue weighted by Gasteiger charge is 2.38. The van der Waals surface area contributed by atoms with Crippen LogP contribution in [0.15, 0.2) is 4.47 Å². The predicted molar refractivity (Wildman–Crippen MR) is 41.3 cm³/mol. The number of aryl methyl sites for hydroxylation is 1. The number of carbonyl (C=O) groups is 1. The van der Waals surface area contributed by atoms with Crippen LogP contribution in [-0.4, -0.2) is 16.1 Å². The lowest BCUT2D eigenvalue weighted by molar-refractivity contribution is -0.144. The molecule has 0 N–H and O–H groups in total. The maximum atomic E-state index is 12.3. The Morgan fingerprint density at radius 1 is 1.54 bits per heavy atom. The van der Waals surface area contributed by atoms with E-state index in [0.717, 1.165) is 7.05 Å². The maximum Gasteiger partial charge on any atom is 0.434 e. The molecule has 0 fully saturated rings. The van der Waals surface area contributed by atoms with Gasteiger partial charge >= 0.3 is 6.18 Å². The minimum absolute atomic E-state index is 0.255. The number of nitrogens with zero attached hydrogens (tertiary/aromatic N) is 2. The van der Waals surface area contributed by atoms with E-state index in [1.807, 2.05) is 0 Å². The summed E-state index contributed by atoms with van der Waals surface area (Å²) in [5, 5.41) is 3.38. The van der Waals surface area contributed by atoms with Crippen LogP contribution in [0.4, 0.5) is 13.2 Å². The summed E-state index contributed by atoms with van der Waals surface area (Å²) in [7, 11) is 1.13. The van der Waals surface area contributed by atoms with Gasteiger partial charge in [0.2, 0.25) is 0 Å². The summed E-state index contributed by atoms with van der Waals surface area (Å²) in [6, 6.07) is 0. The zero-order chi connectivity index (χ0) is 10.2. The number of aldehydes is 1. The van der Waals surface area contributed by atoms with Crippen LogP contribution in [-0.2, 0) is 13.2 Å². The van der Waals surface area contributed by atoms with E-state index in [1.54, 1.807) is 0 Å². The quantitative estimate of drug-likeness (QED) is 0.721. The Morgan fingerprint density at radius 2 is 2.08 bits per heavy atom. The third kappa shape index (κ3) is 1.74. The molecule has 0 aliphatic carbocycles. The molecule has 0 bridgehead atoms. The van der Waals surface area contributed by atoms with Crippen molar-refractivity contribution in [3.05, 3.63) is 15.9 Å². The SMILES string of the molecule is Cn1nc(C=O)c(Br)c1C(F)(F)F. The average molecular weight is 257 g/mol. The molecule has 13 heavy (non-hydrogen) atoms. The highest BCUT2D eigenvalue weighted by molar-refractivity contribution is 9.10. The molecule has 0 saturated heterocycles. The van der Waals surface area contributed by atoms with Gasteiger partial charge in [-0.1, -0.05) is 0 Å². The zero-order valence-electron chi connectivity index (χ0n) is 6.39. The van der Waals surface area contributed by atoms with Crippen molar-refractivity contribution in [2.75, 3.05) is 0 Å². The molecule has 7 heteroatoms. The van der Waals surface area contributed by atoms with E-state index in [1.165, 1.54) is 0 Å². The Labute approximate surface area is 79.7 Å². The summed E-state index contributed by atoms with van der Waals surface area (Å²) in [5.41, 5.74) is -1.22. The maximum absolute atomic E-state index is 12.3. The van der Waals surface area contributed by atoms with Crippen LogP contribution < -0.4 is 0 Å². The van der Waals surface area contributed by atoms with Crippen LogP contribution in [0.3, 0.4) is 0 Å². The summed E-state index contributed by atoms with van der Waals surface area (Å²) < 4.78 is 37.1. The molecule has 0 aliphatic heterocycles. The minimum atomic E-state index is -4.51. The second-order valence-electron chi connectivity index (χ2n) is 2.29. The molecule has 0 radical (unpaired) electrons. The number of carbonyl (C=O) groups excluding carboxylic acids is 1. The average Bonchev–Trinajstić information content (AvgIpc) is 2.24. The fraction of sp³-hybridized carbons (Fsp3) is 0.333. The molecule has 0 atom stereocenters. The van der Waals surface area contributed by atoms with Gasteiger partial charge in [-0.25, -0.2) is 0 Å². The number of aromatic nitrogens is 2. The first-order valence-electron chi connectivity index (χ1n) is 3.12. The standard InChI is InChI=1S/C6H4BrF3N2O/c1-12-5(6(8,9)10)4(7)3(2-13)11-12/h2H,1H3. The fourth-order valence-corrected chi connectivity index (χ4v) is 1.56. The van der Waals surface area contributed by atoms with Crippen molar-refractivity contribution in [1.82, 2.24) is 9.78 Å². The summed E-state index contributed by atoms with van der Waals surface area (Å²) in [6.45, 7) is 0. The molecule has 3 nitrogen and oxygen atoms in total. The van der Waals surface area contributed by atoms with Gasteiger partial charge in [-0.3, -0.25) is 9.48 Å². The van der Waals surface area contributed by atoms with Crippen LogP contribution in [0.1, 0.15) is 16.2 Å². The Kier molecular flexibility index (Phi) is 2.47. The fourth-order valence-electron chi connectivity index (χ4n) is 0.902. The first-order chi connectivity index (χ1) is 5.88. The van der Waals surface area contributed by atoms with E-state index < -0.39 is 11.9 Å². The lowest BCUT2D eigenvalue weighted by atomic mass is 10.3. The second-order valence-corrected chi connectivity index (χ2v) is 3.08. The van der Waals surface area contributed by atoms with Crippen LogP contribution in [0.2, 0.25) is 0 Å². The first-order valence-corrected chi connectivity index (χ1v) is 3.92. The number of halogens is 4. The molecule has 1 aromatic heterocycles. The summed E-state index contributed by atoms with van der Waals surface area (Å²) in [6.07, 6.45) is -4.25. The third-order valence-corrected chi connectivity index (χ3v) is 2.18. The molecule has 72 valence electrons. The highest BCUT2D eigenvalue weighted by Crippen LogP contribution is 2.35. The topological polar surface area (TPSA) is 34.9 Å². The summed E-state index contributed by atoms with van der Waals surface area (Å²) >= 11 is 2.66. The Hall–Kier alpha value is -0.850. The molecule has 0 aliphatic rings. The van der Waals surface area contributed by atoms with Crippen LogP contribution in [0, 0.1) is 0 Å². The Morgan fingerprint density at radius 3 is 2.31 bits per heavy atom.